The number of hydrogen-bond donors (Lipinski definition) is 1. The van der Waals surface area contributed by atoms with E-state index < -0.39 is 15.8 Å². The van der Waals surface area contributed by atoms with Crippen LogP contribution in [-0.2, 0) is 10.0 Å². The van der Waals surface area contributed by atoms with E-state index in [-0.39, 0.29) is 10.9 Å². The van der Waals surface area contributed by atoms with Crippen molar-refractivity contribution in [3.63, 3.8) is 0 Å². The van der Waals surface area contributed by atoms with Crippen LogP contribution in [0.4, 0.5) is 4.39 Å². The van der Waals surface area contributed by atoms with Crippen molar-refractivity contribution in [2.24, 2.45) is 0 Å². The van der Waals surface area contributed by atoms with Crippen LogP contribution in [0.5, 0.6) is 0 Å². The average Bonchev–Trinajstić information content (AvgIpc) is 3.00. The summed E-state index contributed by atoms with van der Waals surface area (Å²) in [5.41, 5.74) is 1.48. The predicted molar refractivity (Wildman–Crippen MR) is 103 cm³/mol. The van der Waals surface area contributed by atoms with Gasteiger partial charge in [0.1, 0.15) is 5.82 Å². The van der Waals surface area contributed by atoms with Gasteiger partial charge in [0.2, 0.25) is 10.0 Å². The van der Waals surface area contributed by atoms with Gasteiger partial charge in [-0.25, -0.2) is 17.5 Å². The van der Waals surface area contributed by atoms with Crippen LogP contribution >= 0.6 is 11.3 Å². The van der Waals surface area contributed by atoms with Crippen molar-refractivity contribution in [3.05, 3.63) is 52.0 Å². The van der Waals surface area contributed by atoms with Crippen molar-refractivity contribution < 1.29 is 12.8 Å². The fourth-order valence-corrected chi connectivity index (χ4v) is 5.22. The van der Waals surface area contributed by atoms with Crippen LogP contribution in [0.15, 0.2) is 39.9 Å². The van der Waals surface area contributed by atoms with E-state index in [9.17, 15) is 12.8 Å². The van der Waals surface area contributed by atoms with Crippen LogP contribution in [0.1, 0.15) is 42.9 Å². The highest BCUT2D eigenvalue weighted by atomic mass is 32.2. The van der Waals surface area contributed by atoms with Gasteiger partial charge in [-0.1, -0.05) is 12.8 Å². The highest BCUT2D eigenvalue weighted by Crippen LogP contribution is 2.26. The van der Waals surface area contributed by atoms with Gasteiger partial charge in [0.15, 0.2) is 0 Å². The molecule has 0 aliphatic carbocycles. The Morgan fingerprint density at radius 1 is 1.19 bits per heavy atom. The number of likely N-dealkylation sites (tertiary alicyclic amines) is 1. The van der Waals surface area contributed by atoms with E-state index in [0.29, 0.717) is 12.1 Å². The van der Waals surface area contributed by atoms with E-state index >= 15 is 0 Å². The summed E-state index contributed by atoms with van der Waals surface area (Å²) >= 11 is 1.62. The molecule has 1 aromatic heterocycles. The zero-order valence-electron chi connectivity index (χ0n) is 14.9. The van der Waals surface area contributed by atoms with Gasteiger partial charge in [-0.2, -0.15) is 11.3 Å². The Morgan fingerprint density at radius 2 is 1.92 bits per heavy atom. The van der Waals surface area contributed by atoms with E-state index in [1.807, 2.05) is 5.38 Å². The van der Waals surface area contributed by atoms with E-state index in [0.717, 1.165) is 31.5 Å². The first kappa shape index (κ1) is 19.5. The fraction of sp³-hybridized carbons (Fsp3) is 0.474. The second kappa shape index (κ2) is 8.61. The van der Waals surface area contributed by atoms with Gasteiger partial charge in [0.05, 0.1) is 4.90 Å². The summed E-state index contributed by atoms with van der Waals surface area (Å²) in [6, 6.07) is 5.99. The third-order valence-electron chi connectivity index (χ3n) is 4.92. The summed E-state index contributed by atoms with van der Waals surface area (Å²) in [5, 5.41) is 4.11. The molecule has 1 fully saturated rings. The summed E-state index contributed by atoms with van der Waals surface area (Å²) in [4.78, 5) is 2.49. The lowest BCUT2D eigenvalue weighted by Crippen LogP contribution is -2.38. The fourth-order valence-electron chi connectivity index (χ4n) is 3.39. The smallest absolute Gasteiger partial charge is 0.240 e. The molecule has 0 bridgehead atoms. The van der Waals surface area contributed by atoms with Crippen LogP contribution in [0.25, 0.3) is 0 Å². The molecule has 1 atom stereocenters. The summed E-state index contributed by atoms with van der Waals surface area (Å²) < 4.78 is 41.5. The standard InChI is InChI=1S/C19H25FN2O2S2/c1-15-12-17(6-7-18(15)20)26(23,24)21-13-19(16-8-11-25-14-16)22-9-4-2-3-5-10-22/h6-8,11-12,14,19,21H,2-5,9-10,13H2,1H3/t19-/m0/s1. The Balaban J connectivity index is 1.77. The average molecular weight is 397 g/mol. The number of halogens is 1. The molecule has 142 valence electrons. The van der Waals surface area contributed by atoms with E-state index in [1.54, 1.807) is 18.3 Å². The molecule has 3 rings (SSSR count). The molecule has 1 aliphatic heterocycles. The molecule has 1 aromatic carbocycles. The number of nitrogens with one attached hydrogen (secondary N) is 1. The second-order valence-corrected chi connectivity index (χ2v) is 9.33. The van der Waals surface area contributed by atoms with Gasteiger partial charge in [0.25, 0.3) is 0 Å². The molecule has 0 saturated carbocycles. The maximum absolute atomic E-state index is 13.4. The molecule has 7 heteroatoms. The first-order chi connectivity index (χ1) is 12.5. The van der Waals surface area contributed by atoms with Crippen LogP contribution in [-0.4, -0.2) is 33.0 Å². The van der Waals surface area contributed by atoms with Crippen LogP contribution in [0.3, 0.4) is 0 Å². The zero-order chi connectivity index (χ0) is 18.6. The van der Waals surface area contributed by atoms with Gasteiger partial charge in [-0.05, 0) is 79.0 Å². The number of hydrogen-bond acceptors (Lipinski definition) is 4. The molecule has 2 aromatic rings. The van der Waals surface area contributed by atoms with Crippen molar-refractivity contribution in [1.82, 2.24) is 9.62 Å². The summed E-state index contributed by atoms with van der Waals surface area (Å²) in [7, 11) is -3.67. The minimum absolute atomic E-state index is 0.0238. The van der Waals surface area contributed by atoms with Crippen molar-refractivity contribution in [3.8, 4) is 0 Å². The Labute approximate surface area is 159 Å². The zero-order valence-corrected chi connectivity index (χ0v) is 16.6. The van der Waals surface area contributed by atoms with Gasteiger partial charge < -0.3 is 0 Å². The predicted octanol–water partition coefficient (Wildman–Crippen LogP) is 4.09. The first-order valence-electron chi connectivity index (χ1n) is 8.99. The summed E-state index contributed by atoms with van der Waals surface area (Å²) in [5.74, 6) is -0.398. The molecule has 1 saturated heterocycles. The monoisotopic (exact) mass is 396 g/mol. The Kier molecular flexibility index (Phi) is 6.45. The normalized spacial score (nSPS) is 17.8. The number of sulfonamides is 1. The number of rotatable bonds is 6. The van der Waals surface area contributed by atoms with Crippen molar-refractivity contribution in [2.75, 3.05) is 19.6 Å². The minimum Gasteiger partial charge on any atom is -0.295 e. The lowest BCUT2D eigenvalue weighted by atomic mass is 10.1. The number of aryl methyl sites for hydroxylation is 1. The topological polar surface area (TPSA) is 49.4 Å². The molecule has 0 spiro atoms. The molecule has 26 heavy (non-hydrogen) atoms. The molecule has 4 nitrogen and oxygen atoms in total. The molecular weight excluding hydrogens is 371 g/mol. The van der Waals surface area contributed by atoms with Crippen molar-refractivity contribution >= 4 is 21.4 Å². The Morgan fingerprint density at radius 3 is 2.54 bits per heavy atom. The molecular formula is C19H25FN2O2S2. The number of thiophene rings is 1. The first-order valence-corrected chi connectivity index (χ1v) is 11.4. The number of nitrogens with zero attached hydrogens (tertiary/aromatic N) is 1. The third-order valence-corrected chi connectivity index (χ3v) is 7.04. The van der Waals surface area contributed by atoms with Crippen molar-refractivity contribution in [2.45, 2.75) is 43.5 Å². The summed E-state index contributed by atoms with van der Waals surface area (Å²) in [6.45, 7) is 3.85. The highest BCUT2D eigenvalue weighted by molar-refractivity contribution is 7.89. The van der Waals surface area contributed by atoms with Crippen molar-refractivity contribution in [1.29, 1.82) is 0 Å². The van der Waals surface area contributed by atoms with Gasteiger partial charge in [-0.15, -0.1) is 0 Å². The largest absolute Gasteiger partial charge is 0.295 e. The molecule has 0 amide bonds. The maximum Gasteiger partial charge on any atom is 0.240 e. The van der Waals surface area contributed by atoms with Crippen LogP contribution in [0.2, 0.25) is 0 Å². The third kappa shape index (κ3) is 4.71. The summed E-state index contributed by atoms with van der Waals surface area (Å²) in [6.07, 6.45) is 4.75. The Hall–Kier alpha value is -1.28. The quantitative estimate of drug-likeness (QED) is 0.800. The van der Waals surface area contributed by atoms with Crippen LogP contribution < -0.4 is 4.72 Å². The van der Waals surface area contributed by atoms with E-state index in [1.165, 1.54) is 31.0 Å². The van der Waals surface area contributed by atoms with Gasteiger partial charge >= 0.3 is 0 Å². The van der Waals surface area contributed by atoms with Crippen LogP contribution in [0, 0.1) is 12.7 Å². The molecule has 2 heterocycles. The molecule has 0 radical (unpaired) electrons. The molecule has 0 unspecified atom stereocenters. The molecule has 1 N–H and O–H groups in total. The second-order valence-electron chi connectivity index (χ2n) is 6.79. The van der Waals surface area contributed by atoms with E-state index in [4.69, 9.17) is 0 Å². The maximum atomic E-state index is 13.4. The van der Waals surface area contributed by atoms with Gasteiger partial charge in [0, 0.05) is 12.6 Å². The van der Waals surface area contributed by atoms with E-state index in [2.05, 4.69) is 21.1 Å². The number of benzene rings is 1. The molecule has 1 aliphatic rings. The lowest BCUT2D eigenvalue weighted by molar-refractivity contribution is 0.206. The SMILES string of the molecule is Cc1cc(S(=O)(=O)NC[C@@H](c2ccsc2)N2CCCCCC2)ccc1F. The highest BCUT2D eigenvalue weighted by Gasteiger charge is 2.24. The van der Waals surface area contributed by atoms with Gasteiger partial charge in [-0.3, -0.25) is 4.90 Å². The Bertz CT molecular complexity index is 814. The minimum atomic E-state index is -3.67. The lowest BCUT2D eigenvalue weighted by Gasteiger charge is -2.30.